The van der Waals surface area contributed by atoms with E-state index >= 15 is 0 Å². The number of aliphatic carboxylic acids is 2. The van der Waals surface area contributed by atoms with Gasteiger partial charge < -0.3 is 10.2 Å². The molecule has 268 valence electrons. The second kappa shape index (κ2) is 30.2. The zero-order valence-electron chi connectivity index (χ0n) is 29.6. The van der Waals surface area contributed by atoms with Gasteiger partial charge in [0.2, 0.25) is 0 Å². The first-order chi connectivity index (χ1) is 24.8. The van der Waals surface area contributed by atoms with Crippen molar-refractivity contribution in [2.45, 2.75) is 13.8 Å². The zero-order valence-corrected chi connectivity index (χ0v) is 34.3. The molecule has 7 rings (SSSR count). The average molecular weight is 893 g/mol. The topological polar surface area (TPSA) is 74.6 Å². The summed E-state index contributed by atoms with van der Waals surface area (Å²) in [7, 11) is 0. The normalized spacial score (nSPS) is 16.9. The molecule has 0 saturated heterocycles. The van der Waals surface area contributed by atoms with Crippen molar-refractivity contribution >= 4 is 42.7 Å². The van der Waals surface area contributed by atoms with E-state index in [0.717, 1.165) is 23.0 Å². The molecule has 0 heterocycles. The van der Waals surface area contributed by atoms with E-state index in [0.29, 0.717) is 0 Å². The standard InChI is InChI=1S/2C9H9O2.3C6H5.2C5H5.2Fe.Sb/c2*1-7(6-9(10)11)8-4-2-3-5-8;3*1-2-4-6-5-3-1;2*1-2-4-5-3-1;;;/h2*2-6H,1H3,(H,10,11);3*1-5H;2*1-5H;;;/q;;;;;;;2*+2;/b2*7-6+;;;;;;;;. The van der Waals surface area contributed by atoms with Gasteiger partial charge in [0.15, 0.2) is 0 Å². The molecule has 0 aliphatic heterocycles. The van der Waals surface area contributed by atoms with Crippen molar-refractivity contribution in [3.05, 3.63) is 242 Å². The molecular weight excluding hydrogens is 850 g/mol. The summed E-state index contributed by atoms with van der Waals surface area (Å²) in [5.74, 6) is 0.132. The Morgan fingerprint density at radius 1 is 0.415 bits per heavy atom. The van der Waals surface area contributed by atoms with Crippen LogP contribution < -0.4 is 10.5 Å². The third kappa shape index (κ3) is 21.0. The molecule has 0 atom stereocenters. The average Bonchev–Trinajstić information content (AvgIpc) is 3.99. The van der Waals surface area contributed by atoms with Crippen LogP contribution in [-0.2, 0) is 43.7 Å². The summed E-state index contributed by atoms with van der Waals surface area (Å²) >= 11 is -1.83. The number of allylic oxidation sites excluding steroid dienone is 2. The molecule has 0 unspecified atom stereocenters. The van der Waals surface area contributed by atoms with Gasteiger partial charge in [-0.2, -0.15) is 0 Å². The van der Waals surface area contributed by atoms with Gasteiger partial charge in [-0.25, -0.2) is 9.59 Å². The van der Waals surface area contributed by atoms with Gasteiger partial charge in [0.25, 0.3) is 0 Å². The van der Waals surface area contributed by atoms with Crippen LogP contribution in [0.4, 0.5) is 0 Å². The number of carboxylic acid groups (broad SMARTS) is 2. The van der Waals surface area contributed by atoms with Crippen molar-refractivity contribution in [1.29, 1.82) is 0 Å². The molecule has 0 amide bonds. The van der Waals surface area contributed by atoms with E-state index in [9.17, 15) is 9.59 Å². The van der Waals surface area contributed by atoms with E-state index in [4.69, 9.17) is 10.2 Å². The minimum absolute atomic E-state index is 0. The fraction of sp³-hybridized carbons (Fsp3) is 0.0435. The van der Waals surface area contributed by atoms with Crippen molar-refractivity contribution in [2.24, 2.45) is 0 Å². The van der Waals surface area contributed by atoms with E-state index in [1.807, 2.05) is 116 Å². The number of rotatable bonds is 7. The van der Waals surface area contributed by atoms with Gasteiger partial charge >= 0.3 is 168 Å². The molecule has 7 heteroatoms. The molecule has 4 aliphatic rings. The van der Waals surface area contributed by atoms with E-state index in [2.05, 4.69) is 91.0 Å². The Hall–Kier alpha value is -2.06. The molecule has 0 bridgehead atoms. The molecule has 4 fully saturated rings. The van der Waals surface area contributed by atoms with Gasteiger partial charge in [-0.3, -0.25) is 0 Å². The summed E-state index contributed by atoms with van der Waals surface area (Å²) < 4.78 is 4.55. The second-order valence-electron chi connectivity index (χ2n) is 10.9. The van der Waals surface area contributed by atoms with Crippen LogP contribution in [0.1, 0.15) is 13.8 Å². The second-order valence-corrected chi connectivity index (χ2v) is 17.3. The fourth-order valence-electron chi connectivity index (χ4n) is 4.63. The Bertz CT molecular complexity index is 1270. The van der Waals surface area contributed by atoms with Crippen LogP contribution in [0.2, 0.25) is 0 Å². The summed E-state index contributed by atoms with van der Waals surface area (Å²) in [5.41, 5.74) is 1.56. The summed E-state index contributed by atoms with van der Waals surface area (Å²) in [6.45, 7) is 3.56. The predicted octanol–water partition coefficient (Wildman–Crippen LogP) is 7.09. The number of carboxylic acids is 2. The van der Waals surface area contributed by atoms with Crippen LogP contribution in [0.15, 0.2) is 114 Å². The maximum absolute atomic E-state index is 10.2. The monoisotopic (exact) mass is 892 g/mol. The SMILES string of the molecule is C/C(=C\C(=O)O)[C]1[CH][CH][CH][CH]1.C/C(=C\C(=O)O)[C]1[CH][CH][CH][CH]1.[CH]1[CH][CH][CH][CH]1.[CH]1[CH][CH][CH][CH]1.[Fe+2].[Fe+2].c1cc[c]([Sb]([c]2ccccc2)[c]2ccccc2)cc1. The van der Waals surface area contributed by atoms with Gasteiger partial charge in [0.05, 0.1) is 0 Å². The van der Waals surface area contributed by atoms with Crippen LogP contribution in [0.5, 0.6) is 0 Å². The van der Waals surface area contributed by atoms with E-state index in [1.165, 1.54) is 22.7 Å². The van der Waals surface area contributed by atoms with Gasteiger partial charge in [-0.05, 0) is 129 Å². The van der Waals surface area contributed by atoms with Crippen LogP contribution in [0, 0.1) is 127 Å². The fourth-order valence-corrected chi connectivity index (χ4v) is 11.2. The van der Waals surface area contributed by atoms with Crippen LogP contribution in [0.25, 0.3) is 0 Å². The van der Waals surface area contributed by atoms with Crippen molar-refractivity contribution in [3.63, 3.8) is 0 Å². The first-order valence-corrected chi connectivity index (χ1v) is 20.2. The quantitative estimate of drug-likeness (QED) is 0.197. The Kier molecular flexibility index (Phi) is 27.9. The van der Waals surface area contributed by atoms with Crippen molar-refractivity contribution < 1.29 is 53.9 Å². The zero-order chi connectivity index (χ0) is 36.5. The third-order valence-corrected chi connectivity index (χ3v) is 14.0. The molecule has 0 spiro atoms. The van der Waals surface area contributed by atoms with Crippen molar-refractivity contribution in [3.8, 4) is 0 Å². The van der Waals surface area contributed by atoms with E-state index in [-0.39, 0.29) is 34.1 Å². The molecule has 53 heavy (non-hydrogen) atoms. The summed E-state index contributed by atoms with van der Waals surface area (Å²) in [5, 5.41) is 16.8. The molecule has 2 N–H and O–H groups in total. The number of hydrogen-bond donors (Lipinski definition) is 2. The van der Waals surface area contributed by atoms with E-state index in [1.54, 1.807) is 13.8 Å². The molecular formula is C46H43Fe2O4Sb+4. The van der Waals surface area contributed by atoms with Gasteiger partial charge in [-0.15, -0.1) is 0 Å². The van der Waals surface area contributed by atoms with Crippen LogP contribution >= 0.6 is 0 Å². The van der Waals surface area contributed by atoms with Crippen molar-refractivity contribution in [2.75, 3.05) is 0 Å². The van der Waals surface area contributed by atoms with Crippen LogP contribution in [-0.4, -0.2) is 42.4 Å². The molecule has 4 nitrogen and oxygen atoms in total. The Labute approximate surface area is 349 Å². The molecule has 20 radical (unpaired) electrons. The number of hydrogen-bond acceptors (Lipinski definition) is 2. The molecule has 0 aromatic heterocycles. The predicted molar refractivity (Wildman–Crippen MR) is 211 cm³/mol. The van der Waals surface area contributed by atoms with Gasteiger partial charge in [-0.1, -0.05) is 11.1 Å². The van der Waals surface area contributed by atoms with E-state index < -0.39 is 32.1 Å². The van der Waals surface area contributed by atoms with Gasteiger partial charge in [0, 0.05) is 24.0 Å². The summed E-state index contributed by atoms with van der Waals surface area (Å²) in [6.07, 6.45) is 37.5. The van der Waals surface area contributed by atoms with Gasteiger partial charge in [0.1, 0.15) is 0 Å². The maximum atomic E-state index is 10.2. The molecule has 4 saturated carbocycles. The third-order valence-electron chi connectivity index (χ3n) is 7.07. The molecule has 3 aromatic rings. The minimum atomic E-state index is -1.83. The Morgan fingerprint density at radius 2 is 0.642 bits per heavy atom. The first kappa shape index (κ1) is 49.0. The van der Waals surface area contributed by atoms with Crippen LogP contribution in [0.3, 0.4) is 0 Å². The molecule has 4 aliphatic carbocycles. The number of carbonyl (C=O) groups is 2. The van der Waals surface area contributed by atoms with Crippen molar-refractivity contribution in [1.82, 2.24) is 0 Å². The Balaban J connectivity index is 0.000000358. The Morgan fingerprint density at radius 3 is 0.849 bits per heavy atom. The first-order valence-electron chi connectivity index (χ1n) is 16.4. The molecule has 3 aromatic carbocycles. The summed E-state index contributed by atoms with van der Waals surface area (Å²) in [6, 6.07) is 32.9. The number of benzene rings is 3. The summed E-state index contributed by atoms with van der Waals surface area (Å²) in [4.78, 5) is 20.5.